The first-order chi connectivity index (χ1) is 18.7. The zero-order chi connectivity index (χ0) is 27.6. The van der Waals surface area contributed by atoms with Crippen molar-refractivity contribution in [2.45, 2.75) is 24.3 Å². The van der Waals surface area contributed by atoms with Gasteiger partial charge in [0.1, 0.15) is 11.4 Å². The predicted octanol–water partition coefficient (Wildman–Crippen LogP) is 4.37. The molecule has 0 spiro atoms. The molecule has 12 heteroatoms. The highest BCUT2D eigenvalue weighted by molar-refractivity contribution is 7.89. The first-order valence-electron chi connectivity index (χ1n) is 11.8. The van der Waals surface area contributed by atoms with E-state index in [2.05, 4.69) is 15.3 Å². The van der Waals surface area contributed by atoms with Crippen LogP contribution in [0.25, 0.3) is 33.9 Å². The molecule has 0 aliphatic carbocycles. The average Bonchev–Trinajstić information content (AvgIpc) is 3.65. The van der Waals surface area contributed by atoms with Crippen molar-refractivity contribution in [2.24, 2.45) is 5.14 Å². The van der Waals surface area contributed by atoms with Crippen LogP contribution in [0.2, 0.25) is 0 Å². The van der Waals surface area contributed by atoms with E-state index in [-0.39, 0.29) is 16.9 Å². The summed E-state index contributed by atoms with van der Waals surface area (Å²) < 4.78 is 39.4. The molecular weight excluding hydrogens is 524 g/mol. The van der Waals surface area contributed by atoms with E-state index in [9.17, 15) is 18.0 Å². The van der Waals surface area contributed by atoms with E-state index in [1.807, 2.05) is 0 Å². The summed E-state index contributed by atoms with van der Waals surface area (Å²) >= 11 is 0. The van der Waals surface area contributed by atoms with Gasteiger partial charge in [0, 0.05) is 5.69 Å². The number of primary sulfonamides is 1. The van der Waals surface area contributed by atoms with Gasteiger partial charge >= 0.3 is 5.97 Å². The number of furan rings is 2. The summed E-state index contributed by atoms with van der Waals surface area (Å²) in [5.41, 5.74) is 2.35. The lowest BCUT2D eigenvalue weighted by molar-refractivity contribution is -0.124. The highest BCUT2D eigenvalue weighted by Crippen LogP contribution is 2.31. The van der Waals surface area contributed by atoms with Crippen LogP contribution in [-0.4, -0.2) is 36.4 Å². The molecule has 1 atom stereocenters. The van der Waals surface area contributed by atoms with Crippen LogP contribution in [-0.2, 0) is 19.6 Å². The Morgan fingerprint density at radius 1 is 0.923 bits per heavy atom. The van der Waals surface area contributed by atoms with Crippen molar-refractivity contribution < 1.29 is 31.6 Å². The minimum Gasteiger partial charge on any atom is -0.463 e. The second kappa shape index (κ2) is 10.5. The van der Waals surface area contributed by atoms with Gasteiger partial charge in [-0.05, 0) is 73.2 Å². The van der Waals surface area contributed by atoms with E-state index in [4.69, 9.17) is 18.7 Å². The van der Waals surface area contributed by atoms with E-state index >= 15 is 0 Å². The molecule has 0 saturated carbocycles. The minimum absolute atomic E-state index is 0.0927. The van der Waals surface area contributed by atoms with Crippen molar-refractivity contribution in [1.29, 1.82) is 0 Å². The van der Waals surface area contributed by atoms with Gasteiger partial charge in [-0.2, -0.15) is 0 Å². The van der Waals surface area contributed by atoms with Gasteiger partial charge in [-0.3, -0.25) is 4.79 Å². The summed E-state index contributed by atoms with van der Waals surface area (Å²) in [5, 5.41) is 7.70. The average molecular weight is 547 g/mol. The number of ether oxygens (including phenoxy) is 1. The SMILES string of the molecule is CCC(OC(=O)c1ccc2nc(-c3ccco3)c(-c3ccco3)nc2c1)C(=O)Nc1ccc(S(N)(=O)=O)cc1. The summed E-state index contributed by atoms with van der Waals surface area (Å²) in [7, 11) is -3.86. The van der Waals surface area contributed by atoms with Crippen molar-refractivity contribution >= 4 is 38.6 Å². The number of hydrogen-bond donors (Lipinski definition) is 2. The number of nitrogens with one attached hydrogen (secondary N) is 1. The normalized spacial score (nSPS) is 12.3. The third-order valence-electron chi connectivity index (χ3n) is 5.77. The smallest absolute Gasteiger partial charge is 0.338 e. The zero-order valence-electron chi connectivity index (χ0n) is 20.5. The number of esters is 1. The van der Waals surface area contributed by atoms with Gasteiger partial charge in [0.15, 0.2) is 17.6 Å². The molecule has 198 valence electrons. The summed E-state index contributed by atoms with van der Waals surface area (Å²) in [6.45, 7) is 1.69. The number of carbonyl (C=O) groups is 2. The molecule has 11 nitrogen and oxygen atoms in total. The maximum atomic E-state index is 13.0. The van der Waals surface area contributed by atoms with Crippen LogP contribution in [0.15, 0.2) is 93.0 Å². The second-order valence-corrected chi connectivity index (χ2v) is 10.0. The van der Waals surface area contributed by atoms with Crippen molar-refractivity contribution in [3.05, 3.63) is 84.8 Å². The first kappa shape index (κ1) is 25.8. The minimum atomic E-state index is -3.86. The zero-order valence-corrected chi connectivity index (χ0v) is 21.3. The van der Waals surface area contributed by atoms with E-state index in [0.29, 0.717) is 39.6 Å². The summed E-state index contributed by atoms with van der Waals surface area (Å²) in [6.07, 6.45) is 2.16. The second-order valence-electron chi connectivity index (χ2n) is 8.44. The van der Waals surface area contributed by atoms with Crippen LogP contribution in [0.4, 0.5) is 5.69 Å². The molecule has 3 heterocycles. The van der Waals surface area contributed by atoms with E-state index in [0.717, 1.165) is 0 Å². The molecule has 0 fully saturated rings. The molecule has 39 heavy (non-hydrogen) atoms. The summed E-state index contributed by atoms with van der Waals surface area (Å²) in [4.78, 5) is 35.0. The molecule has 2 aromatic carbocycles. The monoisotopic (exact) mass is 546 g/mol. The van der Waals surface area contributed by atoms with Gasteiger partial charge in [0.05, 0.1) is 34.0 Å². The van der Waals surface area contributed by atoms with Crippen molar-refractivity contribution in [1.82, 2.24) is 9.97 Å². The number of nitrogens with two attached hydrogens (primary N) is 1. The lowest BCUT2D eigenvalue weighted by atomic mass is 10.1. The Hall–Kier alpha value is -4.81. The first-order valence-corrected chi connectivity index (χ1v) is 13.3. The molecule has 0 aliphatic rings. The molecule has 0 saturated heterocycles. The number of anilines is 1. The molecule has 0 radical (unpaired) electrons. The van der Waals surface area contributed by atoms with Crippen LogP contribution in [0.1, 0.15) is 23.7 Å². The number of amides is 1. The fourth-order valence-electron chi connectivity index (χ4n) is 3.82. The van der Waals surface area contributed by atoms with Crippen molar-refractivity contribution in [2.75, 3.05) is 5.32 Å². The predicted molar refractivity (Wildman–Crippen MR) is 141 cm³/mol. The van der Waals surface area contributed by atoms with E-state index in [1.54, 1.807) is 37.3 Å². The number of rotatable bonds is 8. The highest BCUT2D eigenvalue weighted by atomic mass is 32.2. The topological polar surface area (TPSA) is 168 Å². The largest absolute Gasteiger partial charge is 0.463 e. The molecule has 1 unspecified atom stereocenters. The number of aromatic nitrogens is 2. The maximum absolute atomic E-state index is 13.0. The fourth-order valence-corrected chi connectivity index (χ4v) is 4.34. The summed E-state index contributed by atoms with van der Waals surface area (Å²) in [5.74, 6) is -0.308. The summed E-state index contributed by atoms with van der Waals surface area (Å²) in [6, 6.07) is 17.0. The molecule has 0 bridgehead atoms. The van der Waals surface area contributed by atoms with E-state index < -0.39 is 28.0 Å². The molecule has 3 aromatic heterocycles. The van der Waals surface area contributed by atoms with Crippen LogP contribution >= 0.6 is 0 Å². The number of benzene rings is 2. The van der Waals surface area contributed by atoms with Gasteiger partial charge in [-0.1, -0.05) is 6.92 Å². The van der Waals surface area contributed by atoms with Crippen molar-refractivity contribution in [3.8, 4) is 22.9 Å². The quantitative estimate of drug-likeness (QED) is 0.268. The van der Waals surface area contributed by atoms with Crippen LogP contribution in [0, 0.1) is 0 Å². The Balaban J connectivity index is 1.37. The highest BCUT2D eigenvalue weighted by Gasteiger charge is 2.23. The van der Waals surface area contributed by atoms with Crippen molar-refractivity contribution in [3.63, 3.8) is 0 Å². The molecule has 5 rings (SSSR count). The van der Waals surface area contributed by atoms with Gasteiger partial charge in [-0.15, -0.1) is 0 Å². The van der Waals surface area contributed by atoms with Crippen LogP contribution < -0.4 is 10.5 Å². The Morgan fingerprint density at radius 3 is 2.08 bits per heavy atom. The number of carbonyl (C=O) groups excluding carboxylic acids is 2. The third-order valence-corrected chi connectivity index (χ3v) is 6.70. The molecule has 3 N–H and O–H groups in total. The Bertz CT molecular complexity index is 1750. The Labute approximate surface area is 222 Å². The Morgan fingerprint density at radius 2 is 1.54 bits per heavy atom. The van der Waals surface area contributed by atoms with Gasteiger partial charge in [-0.25, -0.2) is 28.3 Å². The van der Waals surface area contributed by atoms with Crippen LogP contribution in [0.5, 0.6) is 0 Å². The Kier molecular flexibility index (Phi) is 6.96. The number of hydrogen-bond acceptors (Lipinski definition) is 9. The molecule has 1 amide bonds. The number of fused-ring (bicyclic) bond motifs is 1. The standard InChI is InChI=1S/C27H22N4O7S/c1-2-21(26(32)29-17-8-10-18(11-9-17)39(28,34)35)38-27(33)16-7-12-19-20(15-16)31-25(23-6-4-14-37-23)24(30-19)22-5-3-13-36-22/h3-15,21H,2H2,1H3,(H,29,32)(H2,28,34,35). The molecule has 0 aliphatic heterocycles. The third kappa shape index (κ3) is 5.56. The van der Waals surface area contributed by atoms with Gasteiger partial charge in [0.25, 0.3) is 5.91 Å². The van der Waals surface area contributed by atoms with Crippen LogP contribution in [0.3, 0.4) is 0 Å². The fraction of sp³-hybridized carbons (Fsp3) is 0.111. The lowest BCUT2D eigenvalue weighted by Gasteiger charge is -2.16. The molecular formula is C27H22N4O7S. The number of sulfonamides is 1. The van der Waals surface area contributed by atoms with Gasteiger partial charge in [0.2, 0.25) is 10.0 Å². The van der Waals surface area contributed by atoms with Gasteiger partial charge < -0.3 is 18.9 Å². The number of nitrogens with zero attached hydrogens (tertiary/aromatic N) is 2. The molecule has 5 aromatic rings. The maximum Gasteiger partial charge on any atom is 0.338 e. The van der Waals surface area contributed by atoms with E-state index in [1.165, 1.54) is 48.9 Å². The lowest BCUT2D eigenvalue weighted by Crippen LogP contribution is -2.32.